The number of benzene rings is 1. The standard InChI is InChI=1S/C16H23NO2/c1-11(2)8-9-17(14-6-7-14)16(19)13-5-4-12(3)15(18)10-13/h4-5,10-11,14,18H,6-9H2,1-3H3. The summed E-state index contributed by atoms with van der Waals surface area (Å²) in [7, 11) is 0. The van der Waals surface area contributed by atoms with Gasteiger partial charge in [0.1, 0.15) is 5.75 Å². The summed E-state index contributed by atoms with van der Waals surface area (Å²) in [4.78, 5) is 14.5. The van der Waals surface area contributed by atoms with E-state index in [4.69, 9.17) is 0 Å². The third-order valence-corrected chi connectivity index (χ3v) is 3.65. The average Bonchev–Trinajstić information content (AvgIpc) is 3.16. The molecule has 1 aromatic rings. The van der Waals surface area contributed by atoms with Crippen molar-refractivity contribution >= 4 is 5.91 Å². The highest BCUT2D eigenvalue weighted by Gasteiger charge is 2.32. The first-order valence-electron chi connectivity index (χ1n) is 7.09. The van der Waals surface area contributed by atoms with E-state index in [1.54, 1.807) is 12.1 Å². The van der Waals surface area contributed by atoms with Gasteiger partial charge >= 0.3 is 0 Å². The lowest BCUT2D eigenvalue weighted by molar-refractivity contribution is 0.0735. The normalized spacial score (nSPS) is 14.7. The first kappa shape index (κ1) is 13.9. The minimum Gasteiger partial charge on any atom is -0.508 e. The number of nitrogens with zero attached hydrogens (tertiary/aromatic N) is 1. The fourth-order valence-electron chi connectivity index (χ4n) is 2.14. The van der Waals surface area contributed by atoms with Crippen LogP contribution < -0.4 is 0 Å². The molecule has 1 aliphatic carbocycles. The summed E-state index contributed by atoms with van der Waals surface area (Å²) in [6, 6.07) is 5.61. The van der Waals surface area contributed by atoms with Gasteiger partial charge in [0, 0.05) is 18.2 Å². The molecule has 1 N–H and O–H groups in total. The molecule has 0 radical (unpaired) electrons. The second-order valence-corrected chi connectivity index (χ2v) is 5.91. The number of aromatic hydroxyl groups is 1. The molecule has 3 nitrogen and oxygen atoms in total. The number of carbonyl (C=O) groups excluding carboxylic acids is 1. The highest BCUT2D eigenvalue weighted by atomic mass is 16.3. The monoisotopic (exact) mass is 261 g/mol. The van der Waals surface area contributed by atoms with Gasteiger partial charge in [0.05, 0.1) is 0 Å². The highest BCUT2D eigenvalue weighted by Crippen LogP contribution is 2.29. The molecular weight excluding hydrogens is 238 g/mol. The molecular formula is C16H23NO2. The van der Waals surface area contributed by atoms with E-state index in [0.717, 1.165) is 31.4 Å². The molecule has 0 atom stereocenters. The summed E-state index contributed by atoms with van der Waals surface area (Å²) >= 11 is 0. The van der Waals surface area contributed by atoms with Crippen LogP contribution >= 0.6 is 0 Å². The van der Waals surface area contributed by atoms with E-state index in [-0.39, 0.29) is 11.7 Å². The van der Waals surface area contributed by atoms with Crippen molar-refractivity contribution in [1.82, 2.24) is 4.90 Å². The Kier molecular flexibility index (Phi) is 4.13. The number of hydrogen-bond donors (Lipinski definition) is 1. The minimum absolute atomic E-state index is 0.0541. The molecule has 1 aromatic carbocycles. The number of hydrogen-bond acceptors (Lipinski definition) is 2. The molecule has 0 aliphatic heterocycles. The van der Waals surface area contributed by atoms with Crippen molar-refractivity contribution in [3.05, 3.63) is 29.3 Å². The molecule has 0 spiro atoms. The van der Waals surface area contributed by atoms with Crippen LogP contribution in [0.1, 0.15) is 49.0 Å². The molecule has 1 amide bonds. The van der Waals surface area contributed by atoms with Crippen molar-refractivity contribution in [1.29, 1.82) is 0 Å². The SMILES string of the molecule is Cc1ccc(C(=O)N(CCC(C)C)C2CC2)cc1O. The Balaban J connectivity index is 2.12. The first-order valence-corrected chi connectivity index (χ1v) is 7.09. The Bertz CT molecular complexity index is 464. The lowest BCUT2D eigenvalue weighted by atomic mass is 10.1. The van der Waals surface area contributed by atoms with Crippen LogP contribution in [0.4, 0.5) is 0 Å². The van der Waals surface area contributed by atoms with Gasteiger partial charge in [0.25, 0.3) is 5.91 Å². The average molecular weight is 261 g/mol. The van der Waals surface area contributed by atoms with Crippen LogP contribution in [0.3, 0.4) is 0 Å². The fourth-order valence-corrected chi connectivity index (χ4v) is 2.14. The van der Waals surface area contributed by atoms with E-state index in [2.05, 4.69) is 13.8 Å². The van der Waals surface area contributed by atoms with Crippen LogP contribution in [0.15, 0.2) is 18.2 Å². The molecule has 2 rings (SSSR count). The van der Waals surface area contributed by atoms with Gasteiger partial charge in [-0.05, 0) is 49.8 Å². The van der Waals surface area contributed by atoms with E-state index >= 15 is 0 Å². The van der Waals surface area contributed by atoms with Crippen molar-refractivity contribution in [2.45, 2.75) is 46.1 Å². The number of rotatable bonds is 5. The van der Waals surface area contributed by atoms with E-state index in [1.807, 2.05) is 17.9 Å². The molecule has 0 bridgehead atoms. The lowest BCUT2D eigenvalue weighted by Crippen LogP contribution is -2.34. The van der Waals surface area contributed by atoms with Crippen molar-refractivity contribution in [3.63, 3.8) is 0 Å². The third-order valence-electron chi connectivity index (χ3n) is 3.65. The summed E-state index contributed by atoms with van der Waals surface area (Å²) in [6.45, 7) is 7.00. The zero-order valence-corrected chi connectivity index (χ0v) is 12.0. The summed E-state index contributed by atoms with van der Waals surface area (Å²) in [5.41, 5.74) is 1.40. The highest BCUT2D eigenvalue weighted by molar-refractivity contribution is 5.95. The maximum Gasteiger partial charge on any atom is 0.254 e. The second kappa shape index (κ2) is 5.64. The number of aryl methyl sites for hydroxylation is 1. The van der Waals surface area contributed by atoms with Gasteiger partial charge < -0.3 is 10.0 Å². The third kappa shape index (κ3) is 3.49. The van der Waals surface area contributed by atoms with Crippen molar-refractivity contribution < 1.29 is 9.90 Å². The van der Waals surface area contributed by atoms with Gasteiger partial charge in [-0.15, -0.1) is 0 Å². The number of carbonyl (C=O) groups is 1. The van der Waals surface area contributed by atoms with Crippen LogP contribution in [-0.4, -0.2) is 28.5 Å². The van der Waals surface area contributed by atoms with Crippen LogP contribution in [-0.2, 0) is 0 Å². The van der Waals surface area contributed by atoms with Crippen molar-refractivity contribution in [3.8, 4) is 5.75 Å². The Morgan fingerprint density at radius 2 is 2.11 bits per heavy atom. The molecule has 19 heavy (non-hydrogen) atoms. The topological polar surface area (TPSA) is 40.5 Å². The van der Waals surface area contributed by atoms with Gasteiger partial charge in [-0.25, -0.2) is 0 Å². The molecule has 3 heteroatoms. The number of phenols is 1. The summed E-state index contributed by atoms with van der Waals surface area (Å²) in [5, 5.41) is 9.73. The van der Waals surface area contributed by atoms with Crippen LogP contribution in [0.25, 0.3) is 0 Å². The van der Waals surface area contributed by atoms with Crippen LogP contribution in [0.2, 0.25) is 0 Å². The Morgan fingerprint density at radius 1 is 1.42 bits per heavy atom. The molecule has 1 saturated carbocycles. The molecule has 1 fully saturated rings. The van der Waals surface area contributed by atoms with Gasteiger partial charge in [0.2, 0.25) is 0 Å². The number of amides is 1. The fraction of sp³-hybridized carbons (Fsp3) is 0.562. The summed E-state index contributed by atoms with van der Waals surface area (Å²) in [5.74, 6) is 0.851. The number of phenolic OH excluding ortho intramolecular Hbond substituents is 1. The molecule has 0 heterocycles. The van der Waals surface area contributed by atoms with Gasteiger partial charge in [0.15, 0.2) is 0 Å². The van der Waals surface area contributed by atoms with Crippen molar-refractivity contribution in [2.24, 2.45) is 5.92 Å². The van der Waals surface area contributed by atoms with Gasteiger partial charge in [-0.3, -0.25) is 4.79 Å². The zero-order chi connectivity index (χ0) is 14.0. The van der Waals surface area contributed by atoms with Gasteiger partial charge in [-0.2, -0.15) is 0 Å². The molecule has 1 aliphatic rings. The largest absolute Gasteiger partial charge is 0.508 e. The first-order chi connectivity index (χ1) is 8.99. The van der Waals surface area contributed by atoms with Crippen LogP contribution in [0, 0.1) is 12.8 Å². The van der Waals surface area contributed by atoms with E-state index in [9.17, 15) is 9.90 Å². The maximum atomic E-state index is 12.5. The van der Waals surface area contributed by atoms with Crippen molar-refractivity contribution in [2.75, 3.05) is 6.54 Å². The Morgan fingerprint density at radius 3 is 2.63 bits per heavy atom. The molecule has 0 saturated heterocycles. The summed E-state index contributed by atoms with van der Waals surface area (Å²) in [6.07, 6.45) is 3.25. The molecule has 0 aromatic heterocycles. The lowest BCUT2D eigenvalue weighted by Gasteiger charge is -2.23. The smallest absolute Gasteiger partial charge is 0.254 e. The Labute approximate surface area is 115 Å². The molecule has 104 valence electrons. The van der Waals surface area contributed by atoms with Gasteiger partial charge in [-0.1, -0.05) is 19.9 Å². The maximum absolute atomic E-state index is 12.5. The van der Waals surface area contributed by atoms with Crippen LogP contribution in [0.5, 0.6) is 5.75 Å². The van der Waals surface area contributed by atoms with E-state index < -0.39 is 0 Å². The zero-order valence-electron chi connectivity index (χ0n) is 12.0. The Hall–Kier alpha value is -1.51. The predicted molar refractivity (Wildman–Crippen MR) is 76.4 cm³/mol. The second-order valence-electron chi connectivity index (χ2n) is 5.91. The van der Waals surface area contributed by atoms with E-state index in [1.165, 1.54) is 0 Å². The molecule has 0 unspecified atom stereocenters. The quantitative estimate of drug-likeness (QED) is 0.883. The predicted octanol–water partition coefficient (Wildman–Crippen LogP) is 3.35. The minimum atomic E-state index is 0.0541. The van der Waals surface area contributed by atoms with E-state index in [0.29, 0.717) is 17.5 Å². The summed E-state index contributed by atoms with van der Waals surface area (Å²) < 4.78 is 0.